The summed E-state index contributed by atoms with van der Waals surface area (Å²) in [5, 5.41) is 0. The first-order chi connectivity index (χ1) is 7.63. The molecule has 1 saturated carbocycles. The first-order valence-electron chi connectivity index (χ1n) is 6.20. The summed E-state index contributed by atoms with van der Waals surface area (Å²) in [4.78, 5) is 12.1. The zero-order valence-corrected chi connectivity index (χ0v) is 9.91. The summed E-state index contributed by atoms with van der Waals surface area (Å²) >= 11 is 0. The van der Waals surface area contributed by atoms with E-state index in [4.69, 9.17) is 15.2 Å². The van der Waals surface area contributed by atoms with E-state index < -0.39 is 5.54 Å². The van der Waals surface area contributed by atoms with Gasteiger partial charge in [-0.05, 0) is 18.8 Å². The second-order valence-electron chi connectivity index (χ2n) is 5.08. The summed E-state index contributed by atoms with van der Waals surface area (Å²) in [6.07, 6.45) is 4.68. The summed E-state index contributed by atoms with van der Waals surface area (Å²) in [5.74, 6) is -0.00808. The van der Waals surface area contributed by atoms with Crippen molar-refractivity contribution in [2.45, 2.75) is 50.7 Å². The molecule has 4 nitrogen and oxygen atoms in total. The molecule has 2 aliphatic rings. The van der Waals surface area contributed by atoms with Crippen LogP contribution in [0.4, 0.5) is 0 Å². The Kier molecular flexibility index (Phi) is 3.50. The number of nitrogens with two attached hydrogens (primary N) is 1. The number of carbonyl (C=O) groups excluding carboxylic acids is 1. The van der Waals surface area contributed by atoms with Gasteiger partial charge in [0.05, 0.1) is 13.2 Å². The Morgan fingerprint density at radius 2 is 2.25 bits per heavy atom. The van der Waals surface area contributed by atoms with Crippen LogP contribution in [0.3, 0.4) is 0 Å². The molecule has 3 atom stereocenters. The predicted molar refractivity (Wildman–Crippen MR) is 59.9 cm³/mol. The van der Waals surface area contributed by atoms with Crippen molar-refractivity contribution in [3.05, 3.63) is 0 Å². The summed E-state index contributed by atoms with van der Waals surface area (Å²) < 4.78 is 10.6. The van der Waals surface area contributed by atoms with Crippen LogP contribution in [0, 0.1) is 5.92 Å². The van der Waals surface area contributed by atoms with Gasteiger partial charge in [0.15, 0.2) is 0 Å². The second kappa shape index (κ2) is 4.72. The van der Waals surface area contributed by atoms with Gasteiger partial charge in [-0.3, -0.25) is 4.79 Å². The molecule has 1 heterocycles. The second-order valence-corrected chi connectivity index (χ2v) is 5.08. The van der Waals surface area contributed by atoms with Gasteiger partial charge in [-0.15, -0.1) is 0 Å². The third-order valence-electron chi connectivity index (χ3n) is 3.90. The Hall–Kier alpha value is -0.610. The van der Waals surface area contributed by atoms with Crippen LogP contribution in [0.2, 0.25) is 0 Å². The lowest BCUT2D eigenvalue weighted by molar-refractivity contribution is -0.159. The molecule has 0 radical (unpaired) electrons. The number of carbonyl (C=O) groups is 1. The molecule has 0 bridgehead atoms. The van der Waals surface area contributed by atoms with Crippen molar-refractivity contribution in [2.75, 3.05) is 13.2 Å². The summed E-state index contributed by atoms with van der Waals surface area (Å²) in [7, 11) is 0. The van der Waals surface area contributed by atoms with Crippen molar-refractivity contribution in [1.29, 1.82) is 0 Å². The van der Waals surface area contributed by atoms with E-state index in [1.807, 2.05) is 6.92 Å². The highest BCUT2D eigenvalue weighted by atomic mass is 16.6. The largest absolute Gasteiger partial charge is 0.458 e. The summed E-state index contributed by atoms with van der Waals surface area (Å²) in [6, 6.07) is 0. The maximum Gasteiger partial charge on any atom is 0.326 e. The predicted octanol–water partition coefficient (Wildman–Crippen LogP) is 1.23. The van der Waals surface area contributed by atoms with Crippen LogP contribution in [-0.2, 0) is 14.3 Å². The van der Waals surface area contributed by atoms with Crippen molar-refractivity contribution < 1.29 is 14.3 Å². The van der Waals surface area contributed by atoms with Crippen molar-refractivity contribution in [3.63, 3.8) is 0 Å². The number of esters is 1. The number of hydrogen-bond acceptors (Lipinski definition) is 4. The van der Waals surface area contributed by atoms with Crippen LogP contribution in [0.15, 0.2) is 0 Å². The average Bonchev–Trinajstić information content (AvgIpc) is 2.75. The van der Waals surface area contributed by atoms with Gasteiger partial charge in [0.25, 0.3) is 0 Å². The van der Waals surface area contributed by atoms with Crippen LogP contribution >= 0.6 is 0 Å². The third kappa shape index (κ3) is 2.23. The fourth-order valence-corrected chi connectivity index (χ4v) is 2.54. The first kappa shape index (κ1) is 11.9. The van der Waals surface area contributed by atoms with Gasteiger partial charge in [0, 0.05) is 6.42 Å². The maximum absolute atomic E-state index is 12.1. The van der Waals surface area contributed by atoms with E-state index in [9.17, 15) is 4.79 Å². The first-order valence-corrected chi connectivity index (χ1v) is 6.20. The molecule has 92 valence electrons. The molecular formula is C12H21NO3. The van der Waals surface area contributed by atoms with E-state index in [-0.39, 0.29) is 18.0 Å². The number of rotatable bonds is 2. The van der Waals surface area contributed by atoms with Gasteiger partial charge in [0.1, 0.15) is 11.6 Å². The summed E-state index contributed by atoms with van der Waals surface area (Å²) in [6.45, 7) is 3.26. The molecule has 0 aromatic heterocycles. The van der Waals surface area contributed by atoms with Crippen LogP contribution < -0.4 is 5.73 Å². The highest BCUT2D eigenvalue weighted by Crippen LogP contribution is 2.33. The molecule has 3 unspecified atom stereocenters. The highest BCUT2D eigenvalue weighted by molar-refractivity contribution is 5.81. The Balaban J connectivity index is 1.95. The van der Waals surface area contributed by atoms with Crippen molar-refractivity contribution >= 4 is 5.97 Å². The zero-order chi connectivity index (χ0) is 11.6. The normalized spacial score (nSPS) is 39.6. The van der Waals surface area contributed by atoms with E-state index in [1.54, 1.807) is 0 Å². The Morgan fingerprint density at radius 3 is 2.88 bits per heavy atom. The molecule has 0 spiro atoms. The molecular weight excluding hydrogens is 206 g/mol. The van der Waals surface area contributed by atoms with Gasteiger partial charge in [-0.2, -0.15) is 0 Å². The topological polar surface area (TPSA) is 61.6 Å². The molecule has 2 rings (SSSR count). The van der Waals surface area contributed by atoms with Crippen LogP contribution in [-0.4, -0.2) is 30.8 Å². The standard InChI is InChI=1S/C12H21NO3/c1-9-4-2-3-6-12(9,13)11(14)16-10-5-7-15-8-10/h9-10H,2-8,13H2,1H3. The lowest BCUT2D eigenvalue weighted by Crippen LogP contribution is -2.56. The zero-order valence-electron chi connectivity index (χ0n) is 9.91. The fraction of sp³-hybridized carbons (Fsp3) is 0.917. The molecule has 4 heteroatoms. The molecule has 16 heavy (non-hydrogen) atoms. The van der Waals surface area contributed by atoms with Crippen LogP contribution in [0.25, 0.3) is 0 Å². The SMILES string of the molecule is CC1CCCCC1(N)C(=O)OC1CCOC1. The van der Waals surface area contributed by atoms with Crippen LogP contribution in [0.5, 0.6) is 0 Å². The Morgan fingerprint density at radius 1 is 1.44 bits per heavy atom. The van der Waals surface area contributed by atoms with Crippen LogP contribution in [0.1, 0.15) is 39.0 Å². The Labute approximate surface area is 96.5 Å². The van der Waals surface area contributed by atoms with Gasteiger partial charge < -0.3 is 15.2 Å². The number of hydrogen-bond donors (Lipinski definition) is 1. The molecule has 1 saturated heterocycles. The van der Waals surface area contributed by atoms with Crippen molar-refractivity contribution in [1.82, 2.24) is 0 Å². The van der Waals surface area contributed by atoms with Gasteiger partial charge in [-0.25, -0.2) is 0 Å². The van der Waals surface area contributed by atoms with Crippen molar-refractivity contribution in [2.24, 2.45) is 11.7 Å². The molecule has 1 aliphatic carbocycles. The Bertz CT molecular complexity index is 263. The van der Waals surface area contributed by atoms with Gasteiger partial charge >= 0.3 is 5.97 Å². The minimum Gasteiger partial charge on any atom is -0.458 e. The molecule has 1 aliphatic heterocycles. The number of ether oxygens (including phenoxy) is 2. The van der Waals surface area contributed by atoms with E-state index in [0.29, 0.717) is 13.2 Å². The third-order valence-corrected chi connectivity index (χ3v) is 3.90. The van der Waals surface area contributed by atoms with E-state index in [0.717, 1.165) is 25.7 Å². The lowest BCUT2D eigenvalue weighted by Gasteiger charge is -2.37. The monoisotopic (exact) mass is 227 g/mol. The quantitative estimate of drug-likeness (QED) is 0.721. The smallest absolute Gasteiger partial charge is 0.326 e. The van der Waals surface area contributed by atoms with E-state index in [1.165, 1.54) is 6.42 Å². The molecule has 2 N–H and O–H groups in total. The lowest BCUT2D eigenvalue weighted by atomic mass is 9.74. The average molecular weight is 227 g/mol. The maximum atomic E-state index is 12.1. The minimum absolute atomic E-state index is 0.0814. The minimum atomic E-state index is -0.763. The molecule has 0 amide bonds. The van der Waals surface area contributed by atoms with E-state index >= 15 is 0 Å². The highest BCUT2D eigenvalue weighted by Gasteiger charge is 2.43. The molecule has 0 aromatic carbocycles. The molecule has 0 aromatic rings. The van der Waals surface area contributed by atoms with Gasteiger partial charge in [-0.1, -0.05) is 19.8 Å². The molecule has 2 fully saturated rings. The van der Waals surface area contributed by atoms with Crippen molar-refractivity contribution in [3.8, 4) is 0 Å². The van der Waals surface area contributed by atoms with E-state index in [2.05, 4.69) is 0 Å². The fourth-order valence-electron chi connectivity index (χ4n) is 2.54. The van der Waals surface area contributed by atoms with Gasteiger partial charge in [0.2, 0.25) is 0 Å². The summed E-state index contributed by atoms with van der Waals surface area (Å²) in [5.41, 5.74) is 5.45.